The number of fused-ring (bicyclic) bond motifs is 1. The average Bonchev–Trinajstić information content (AvgIpc) is 2.67. The van der Waals surface area contributed by atoms with E-state index < -0.39 is 6.10 Å². The number of carbonyl (C=O) groups is 1. The third-order valence-corrected chi connectivity index (χ3v) is 5.97. The van der Waals surface area contributed by atoms with E-state index in [1.54, 1.807) is 18.7 Å². The molecule has 1 aliphatic rings. The molecule has 1 N–H and O–H groups in total. The monoisotopic (exact) mass is 403 g/mol. The van der Waals surface area contributed by atoms with Crippen molar-refractivity contribution in [1.82, 2.24) is 5.32 Å². The van der Waals surface area contributed by atoms with Crippen LogP contribution in [0.5, 0.6) is 5.75 Å². The maximum atomic E-state index is 12.3. The Bertz CT molecular complexity index is 781. The number of thioether (sulfide) groups is 1. The topological polar surface area (TPSA) is 38.3 Å². The van der Waals surface area contributed by atoms with E-state index in [0.29, 0.717) is 6.54 Å². The van der Waals surface area contributed by atoms with Gasteiger partial charge in [-0.2, -0.15) is 11.8 Å². The lowest BCUT2D eigenvalue weighted by molar-refractivity contribution is -0.127. The van der Waals surface area contributed by atoms with Crippen LogP contribution in [0.1, 0.15) is 36.5 Å². The average molecular weight is 404 g/mol. The van der Waals surface area contributed by atoms with Crippen LogP contribution in [-0.2, 0) is 23.4 Å². The van der Waals surface area contributed by atoms with Gasteiger partial charge in [-0.05, 0) is 73.6 Å². The Morgan fingerprint density at radius 3 is 2.81 bits per heavy atom. The van der Waals surface area contributed by atoms with Gasteiger partial charge in [0.05, 0.1) is 0 Å². The van der Waals surface area contributed by atoms with Crippen molar-refractivity contribution < 1.29 is 9.53 Å². The predicted molar refractivity (Wildman–Crippen MR) is 114 cm³/mol. The lowest BCUT2D eigenvalue weighted by Gasteiger charge is -2.19. The molecule has 0 spiro atoms. The van der Waals surface area contributed by atoms with Crippen LogP contribution in [0.25, 0.3) is 0 Å². The number of rotatable bonds is 8. The van der Waals surface area contributed by atoms with E-state index >= 15 is 0 Å². The first-order valence-corrected chi connectivity index (χ1v) is 11.0. The molecule has 0 aromatic heterocycles. The summed E-state index contributed by atoms with van der Waals surface area (Å²) in [7, 11) is 0. The van der Waals surface area contributed by atoms with Gasteiger partial charge in [0.15, 0.2) is 6.10 Å². The third-order valence-electron chi connectivity index (χ3n) is 4.71. The number of ether oxygens (including phenoxy) is 1. The van der Waals surface area contributed by atoms with Crippen LogP contribution in [0.3, 0.4) is 0 Å². The minimum atomic E-state index is -0.496. The molecule has 1 atom stereocenters. The highest BCUT2D eigenvalue weighted by Gasteiger charge is 2.16. The highest BCUT2D eigenvalue weighted by molar-refractivity contribution is 7.98. The lowest BCUT2D eigenvalue weighted by Crippen LogP contribution is -2.37. The molecule has 0 unspecified atom stereocenters. The highest BCUT2D eigenvalue weighted by atomic mass is 35.5. The van der Waals surface area contributed by atoms with Crippen LogP contribution >= 0.6 is 23.4 Å². The van der Waals surface area contributed by atoms with Crippen molar-refractivity contribution in [2.45, 2.75) is 44.5 Å². The normalized spacial score (nSPS) is 14.3. The number of halogens is 1. The molecular formula is C22H26ClNO2S. The van der Waals surface area contributed by atoms with Gasteiger partial charge in [0.2, 0.25) is 0 Å². The molecule has 5 heteroatoms. The number of carbonyl (C=O) groups excluding carboxylic acids is 1. The Hall–Kier alpha value is -1.65. The molecule has 0 heterocycles. The Kier molecular flexibility index (Phi) is 7.48. The number of benzene rings is 2. The van der Waals surface area contributed by atoms with E-state index in [2.05, 4.69) is 23.5 Å². The molecule has 2 aromatic rings. The first-order valence-electron chi connectivity index (χ1n) is 9.50. The van der Waals surface area contributed by atoms with Crippen molar-refractivity contribution in [3.63, 3.8) is 0 Å². The first kappa shape index (κ1) is 20.1. The predicted octanol–water partition coefficient (Wildman–Crippen LogP) is 5.04. The zero-order valence-electron chi connectivity index (χ0n) is 15.7. The zero-order chi connectivity index (χ0) is 19.1. The molecule has 1 amide bonds. The van der Waals surface area contributed by atoms with E-state index in [0.717, 1.165) is 35.1 Å². The van der Waals surface area contributed by atoms with E-state index in [-0.39, 0.29) is 5.91 Å². The summed E-state index contributed by atoms with van der Waals surface area (Å²) in [5.41, 5.74) is 3.98. The Morgan fingerprint density at radius 1 is 1.19 bits per heavy atom. The fourth-order valence-electron chi connectivity index (χ4n) is 3.25. The number of amides is 1. The molecule has 1 aliphatic carbocycles. The fraction of sp³-hybridized carbons (Fsp3) is 0.409. The van der Waals surface area contributed by atoms with Crippen LogP contribution in [-0.4, -0.2) is 24.3 Å². The molecule has 3 nitrogen and oxygen atoms in total. The Balaban J connectivity index is 1.37. The molecule has 2 aromatic carbocycles. The summed E-state index contributed by atoms with van der Waals surface area (Å²) >= 11 is 7.76. The molecule has 0 saturated carbocycles. The molecule has 0 radical (unpaired) electrons. The first-order chi connectivity index (χ1) is 13.1. The third kappa shape index (κ3) is 6.18. The van der Waals surface area contributed by atoms with Gasteiger partial charge in [-0.25, -0.2) is 0 Å². The van der Waals surface area contributed by atoms with Gasteiger partial charge in [0, 0.05) is 23.1 Å². The Morgan fingerprint density at radius 2 is 2.00 bits per heavy atom. The summed E-state index contributed by atoms with van der Waals surface area (Å²) in [5.74, 6) is 2.45. The van der Waals surface area contributed by atoms with E-state index in [9.17, 15) is 4.79 Å². The summed E-state index contributed by atoms with van der Waals surface area (Å²) < 4.78 is 5.85. The van der Waals surface area contributed by atoms with Crippen LogP contribution in [0.15, 0.2) is 42.5 Å². The molecule has 3 rings (SSSR count). The molecule has 27 heavy (non-hydrogen) atoms. The summed E-state index contributed by atoms with van der Waals surface area (Å²) in [4.78, 5) is 12.3. The second-order valence-electron chi connectivity index (χ2n) is 6.87. The number of hydrogen-bond acceptors (Lipinski definition) is 3. The lowest BCUT2D eigenvalue weighted by atomic mass is 9.92. The summed E-state index contributed by atoms with van der Waals surface area (Å²) in [6, 6.07) is 14.1. The minimum Gasteiger partial charge on any atom is -0.481 e. The highest BCUT2D eigenvalue weighted by Crippen LogP contribution is 2.25. The fourth-order valence-corrected chi connectivity index (χ4v) is 4.27. The van der Waals surface area contributed by atoms with Gasteiger partial charge >= 0.3 is 0 Å². The van der Waals surface area contributed by atoms with E-state index in [1.807, 2.05) is 24.3 Å². The van der Waals surface area contributed by atoms with Crippen molar-refractivity contribution in [3.8, 4) is 5.75 Å². The molecule has 144 valence electrons. The van der Waals surface area contributed by atoms with Gasteiger partial charge in [-0.15, -0.1) is 0 Å². The standard InChI is InChI=1S/C22H26ClNO2S/c1-16(26-21-10-9-18-6-2-3-7-19(18)14-21)22(25)24-11-12-27-15-17-5-4-8-20(23)13-17/h4-5,8-10,13-14,16H,2-3,6-7,11-12,15H2,1H3,(H,24,25)/t16-/m0/s1. The van der Waals surface area contributed by atoms with Crippen LogP contribution in [0.2, 0.25) is 5.02 Å². The van der Waals surface area contributed by atoms with Gasteiger partial charge in [-0.3, -0.25) is 4.79 Å². The number of aryl methyl sites for hydroxylation is 2. The van der Waals surface area contributed by atoms with Crippen LogP contribution in [0.4, 0.5) is 0 Å². The van der Waals surface area contributed by atoms with E-state index in [1.165, 1.54) is 29.5 Å². The molecule has 0 saturated heterocycles. The quantitative estimate of drug-likeness (QED) is 0.628. The second kappa shape index (κ2) is 10.0. The Labute approximate surface area is 170 Å². The SMILES string of the molecule is C[C@H](Oc1ccc2c(c1)CCCC2)C(=O)NCCSCc1cccc(Cl)c1. The number of hydrogen-bond donors (Lipinski definition) is 1. The van der Waals surface area contributed by atoms with Gasteiger partial charge in [0.1, 0.15) is 5.75 Å². The maximum Gasteiger partial charge on any atom is 0.260 e. The molecule has 0 fully saturated rings. The van der Waals surface area contributed by atoms with E-state index in [4.69, 9.17) is 16.3 Å². The van der Waals surface area contributed by atoms with Crippen molar-refractivity contribution in [2.24, 2.45) is 0 Å². The molecular weight excluding hydrogens is 378 g/mol. The number of nitrogens with one attached hydrogen (secondary N) is 1. The maximum absolute atomic E-state index is 12.3. The summed E-state index contributed by atoms with van der Waals surface area (Å²) in [6.45, 7) is 2.43. The van der Waals surface area contributed by atoms with Crippen LogP contribution < -0.4 is 10.1 Å². The van der Waals surface area contributed by atoms with Crippen LogP contribution in [0, 0.1) is 0 Å². The largest absolute Gasteiger partial charge is 0.481 e. The van der Waals surface area contributed by atoms with Crippen molar-refractivity contribution in [1.29, 1.82) is 0 Å². The molecule has 0 aliphatic heterocycles. The van der Waals surface area contributed by atoms with Crippen molar-refractivity contribution in [2.75, 3.05) is 12.3 Å². The van der Waals surface area contributed by atoms with Gasteiger partial charge < -0.3 is 10.1 Å². The second-order valence-corrected chi connectivity index (χ2v) is 8.41. The van der Waals surface area contributed by atoms with Gasteiger partial charge in [-0.1, -0.05) is 29.8 Å². The minimum absolute atomic E-state index is 0.0731. The smallest absolute Gasteiger partial charge is 0.260 e. The van der Waals surface area contributed by atoms with Crippen molar-refractivity contribution in [3.05, 3.63) is 64.2 Å². The zero-order valence-corrected chi connectivity index (χ0v) is 17.2. The molecule has 0 bridgehead atoms. The van der Waals surface area contributed by atoms with Gasteiger partial charge in [0.25, 0.3) is 5.91 Å². The summed E-state index contributed by atoms with van der Waals surface area (Å²) in [5, 5.41) is 3.71. The summed E-state index contributed by atoms with van der Waals surface area (Å²) in [6.07, 6.45) is 4.26. The van der Waals surface area contributed by atoms with Crippen molar-refractivity contribution >= 4 is 29.3 Å².